The lowest BCUT2D eigenvalue weighted by atomic mass is 10.2. The van der Waals surface area contributed by atoms with Crippen molar-refractivity contribution in [2.75, 3.05) is 0 Å². The predicted octanol–water partition coefficient (Wildman–Crippen LogP) is 2.58. The Morgan fingerprint density at radius 2 is 2.38 bits per heavy atom. The van der Waals surface area contributed by atoms with Gasteiger partial charge in [0.25, 0.3) is 5.56 Å². The Balaban J connectivity index is 2.84. The van der Waals surface area contributed by atoms with Crippen molar-refractivity contribution in [3.63, 3.8) is 0 Å². The van der Waals surface area contributed by atoms with Crippen LogP contribution in [0.5, 0.6) is 0 Å². The minimum Gasteiger partial charge on any atom is -0.314 e. The van der Waals surface area contributed by atoms with Gasteiger partial charge in [0, 0.05) is 12.7 Å². The lowest BCUT2D eigenvalue weighted by Gasteiger charge is -2.04. The Kier molecular flexibility index (Phi) is 3.48. The maximum absolute atomic E-state index is 11.5. The highest BCUT2D eigenvalue weighted by atomic mass is 79.9. The monoisotopic (exact) mass is 241 g/mol. The van der Waals surface area contributed by atoms with E-state index < -0.39 is 0 Å². The number of rotatable bonds is 3. The van der Waals surface area contributed by atoms with Crippen LogP contribution in [0, 0.1) is 0 Å². The van der Waals surface area contributed by atoms with Gasteiger partial charge in [-0.1, -0.05) is 5.57 Å². The second kappa shape index (κ2) is 4.42. The van der Waals surface area contributed by atoms with E-state index in [1.54, 1.807) is 16.8 Å². The zero-order valence-electron chi connectivity index (χ0n) is 7.59. The van der Waals surface area contributed by atoms with Gasteiger partial charge in [-0.3, -0.25) is 4.79 Å². The van der Waals surface area contributed by atoms with E-state index in [1.165, 1.54) is 0 Å². The number of nitrogens with zero attached hydrogens (tertiary/aromatic N) is 1. The van der Waals surface area contributed by atoms with Crippen LogP contribution in [0.25, 0.3) is 0 Å². The molecule has 0 bridgehead atoms. The first-order valence-corrected chi connectivity index (χ1v) is 4.90. The van der Waals surface area contributed by atoms with E-state index >= 15 is 0 Å². The van der Waals surface area contributed by atoms with Crippen molar-refractivity contribution in [2.24, 2.45) is 0 Å². The molecule has 1 aromatic heterocycles. The molecule has 70 valence electrons. The largest absolute Gasteiger partial charge is 0.314 e. The summed E-state index contributed by atoms with van der Waals surface area (Å²) in [7, 11) is 0. The van der Waals surface area contributed by atoms with E-state index in [0.29, 0.717) is 11.0 Å². The summed E-state index contributed by atoms with van der Waals surface area (Å²) in [4.78, 5) is 11.5. The molecule has 0 radical (unpaired) electrons. The van der Waals surface area contributed by atoms with Gasteiger partial charge in [0.1, 0.15) is 0 Å². The van der Waals surface area contributed by atoms with Crippen LogP contribution in [-0.4, -0.2) is 4.57 Å². The summed E-state index contributed by atoms with van der Waals surface area (Å²) in [6.45, 7) is 6.46. The fourth-order valence-corrected chi connectivity index (χ4v) is 1.38. The van der Waals surface area contributed by atoms with E-state index in [1.807, 2.05) is 13.0 Å². The Morgan fingerprint density at radius 3 is 3.00 bits per heavy atom. The molecule has 1 heterocycles. The van der Waals surface area contributed by atoms with E-state index in [4.69, 9.17) is 0 Å². The minimum absolute atomic E-state index is 0.0174. The number of pyridine rings is 1. The molecule has 0 aliphatic heterocycles. The zero-order valence-corrected chi connectivity index (χ0v) is 9.17. The van der Waals surface area contributed by atoms with Gasteiger partial charge in [0.15, 0.2) is 0 Å². The van der Waals surface area contributed by atoms with Gasteiger partial charge >= 0.3 is 0 Å². The number of aromatic nitrogens is 1. The van der Waals surface area contributed by atoms with Crippen LogP contribution >= 0.6 is 15.9 Å². The summed E-state index contributed by atoms with van der Waals surface area (Å²) in [5.41, 5.74) is 1.11. The molecule has 0 aliphatic carbocycles. The molecule has 2 nitrogen and oxygen atoms in total. The molecule has 0 saturated carbocycles. The Labute approximate surface area is 86.0 Å². The van der Waals surface area contributed by atoms with Gasteiger partial charge in [-0.15, -0.1) is 6.58 Å². The first-order chi connectivity index (χ1) is 6.11. The van der Waals surface area contributed by atoms with Gasteiger partial charge in [-0.2, -0.15) is 0 Å². The van der Waals surface area contributed by atoms with Gasteiger partial charge in [0.2, 0.25) is 0 Å². The van der Waals surface area contributed by atoms with Crippen LogP contribution < -0.4 is 5.56 Å². The third kappa shape index (κ3) is 2.84. The molecule has 0 aromatic carbocycles. The summed E-state index contributed by atoms with van der Waals surface area (Å²) in [5, 5.41) is 0. The fraction of sp³-hybridized carbons (Fsp3) is 0.300. The van der Waals surface area contributed by atoms with Crippen LogP contribution in [0.4, 0.5) is 0 Å². The predicted molar refractivity (Wildman–Crippen MR) is 57.8 cm³/mol. The molecule has 3 heteroatoms. The molecule has 0 saturated heterocycles. The van der Waals surface area contributed by atoms with E-state index in [0.717, 1.165) is 12.0 Å². The first-order valence-electron chi connectivity index (χ1n) is 4.10. The average molecular weight is 242 g/mol. The van der Waals surface area contributed by atoms with Crippen molar-refractivity contribution in [2.45, 2.75) is 19.9 Å². The van der Waals surface area contributed by atoms with Crippen molar-refractivity contribution in [3.05, 3.63) is 45.3 Å². The van der Waals surface area contributed by atoms with Crippen LogP contribution in [-0.2, 0) is 6.54 Å². The molecule has 0 aliphatic rings. The van der Waals surface area contributed by atoms with Crippen molar-refractivity contribution >= 4 is 15.9 Å². The zero-order chi connectivity index (χ0) is 9.84. The van der Waals surface area contributed by atoms with Gasteiger partial charge in [-0.25, -0.2) is 0 Å². The van der Waals surface area contributed by atoms with Crippen LogP contribution in [0.3, 0.4) is 0 Å². The van der Waals surface area contributed by atoms with Crippen molar-refractivity contribution < 1.29 is 0 Å². The highest BCUT2D eigenvalue weighted by Gasteiger charge is 1.98. The maximum atomic E-state index is 11.5. The van der Waals surface area contributed by atoms with E-state index in [9.17, 15) is 4.79 Å². The molecule has 0 spiro atoms. The maximum Gasteiger partial charge on any atom is 0.264 e. The molecule has 1 rings (SSSR count). The number of halogens is 1. The molecule has 0 fully saturated rings. The lowest BCUT2D eigenvalue weighted by molar-refractivity contribution is 0.664. The highest BCUT2D eigenvalue weighted by molar-refractivity contribution is 9.10. The molecule has 0 atom stereocenters. The second-order valence-corrected chi connectivity index (χ2v) is 3.92. The normalized spacial score (nSPS) is 10.0. The second-order valence-electron chi connectivity index (χ2n) is 3.06. The van der Waals surface area contributed by atoms with Gasteiger partial charge < -0.3 is 4.57 Å². The fourth-order valence-electron chi connectivity index (χ4n) is 0.995. The Morgan fingerprint density at radius 1 is 1.69 bits per heavy atom. The number of hydrogen-bond donors (Lipinski definition) is 0. The minimum atomic E-state index is 0.0174. The van der Waals surface area contributed by atoms with Crippen LogP contribution in [0.15, 0.2) is 39.7 Å². The highest BCUT2D eigenvalue weighted by Crippen LogP contribution is 2.02. The standard InChI is InChI=1S/C10H12BrNO/c1-8(2)5-7-12-6-3-4-9(11)10(12)13/h3-4,6H,1,5,7H2,2H3. The number of aryl methyl sites for hydroxylation is 1. The molecular formula is C10H12BrNO. The third-order valence-electron chi connectivity index (χ3n) is 1.75. The molecule has 0 amide bonds. The SMILES string of the molecule is C=C(C)CCn1cccc(Br)c1=O. The number of allylic oxidation sites excluding steroid dienone is 1. The summed E-state index contributed by atoms with van der Waals surface area (Å²) in [6, 6.07) is 3.60. The third-order valence-corrected chi connectivity index (χ3v) is 2.36. The van der Waals surface area contributed by atoms with Gasteiger partial charge in [-0.05, 0) is 41.4 Å². The lowest BCUT2D eigenvalue weighted by Crippen LogP contribution is -2.19. The molecular weight excluding hydrogens is 230 g/mol. The Bertz CT molecular complexity index is 367. The topological polar surface area (TPSA) is 22.0 Å². The summed E-state index contributed by atoms with van der Waals surface area (Å²) in [5.74, 6) is 0. The first kappa shape index (κ1) is 10.3. The van der Waals surface area contributed by atoms with Crippen molar-refractivity contribution in [3.8, 4) is 0 Å². The summed E-state index contributed by atoms with van der Waals surface area (Å²) in [6.07, 6.45) is 2.63. The average Bonchev–Trinajstić information content (AvgIpc) is 2.07. The van der Waals surface area contributed by atoms with E-state index in [2.05, 4.69) is 22.5 Å². The Hall–Kier alpha value is -0.830. The molecule has 0 unspecified atom stereocenters. The van der Waals surface area contributed by atoms with Crippen LogP contribution in [0.2, 0.25) is 0 Å². The van der Waals surface area contributed by atoms with Crippen molar-refractivity contribution in [1.29, 1.82) is 0 Å². The summed E-state index contributed by atoms with van der Waals surface area (Å²) >= 11 is 3.20. The molecule has 0 N–H and O–H groups in total. The van der Waals surface area contributed by atoms with Crippen LogP contribution in [0.1, 0.15) is 13.3 Å². The van der Waals surface area contributed by atoms with Crippen molar-refractivity contribution in [1.82, 2.24) is 4.57 Å². The molecule has 13 heavy (non-hydrogen) atoms. The van der Waals surface area contributed by atoms with Gasteiger partial charge in [0.05, 0.1) is 4.47 Å². The smallest absolute Gasteiger partial charge is 0.264 e. The summed E-state index contributed by atoms with van der Waals surface area (Å²) < 4.78 is 2.29. The number of hydrogen-bond acceptors (Lipinski definition) is 1. The van der Waals surface area contributed by atoms with E-state index in [-0.39, 0.29) is 5.56 Å². The molecule has 1 aromatic rings. The quantitative estimate of drug-likeness (QED) is 0.746.